The molecule has 3 heterocycles. The first-order valence-electron chi connectivity index (χ1n) is 7.38. The zero-order chi connectivity index (χ0) is 15.7. The van der Waals surface area contributed by atoms with Crippen molar-refractivity contribution in [3.63, 3.8) is 0 Å². The first-order valence-corrected chi connectivity index (χ1v) is 7.38. The Hall–Kier alpha value is -2.11. The largest absolute Gasteiger partial charge is 0.463 e. The van der Waals surface area contributed by atoms with Gasteiger partial charge in [0.1, 0.15) is 22.8 Å². The third-order valence-electron chi connectivity index (χ3n) is 3.79. The topological polar surface area (TPSA) is 62.7 Å². The smallest absolute Gasteiger partial charge is 0.137 e. The zero-order valence-corrected chi connectivity index (χ0v) is 13.1. The minimum Gasteiger partial charge on any atom is -0.463 e. The normalized spacial score (nSPS) is 14.4. The van der Waals surface area contributed by atoms with Crippen LogP contribution in [0.1, 0.15) is 29.7 Å². The number of fused-ring (bicyclic) bond motifs is 1. The molecule has 2 N–H and O–H groups in total. The van der Waals surface area contributed by atoms with Crippen LogP contribution in [0.5, 0.6) is 0 Å². The molecule has 0 amide bonds. The van der Waals surface area contributed by atoms with Crippen LogP contribution in [0.15, 0.2) is 41.1 Å². The van der Waals surface area contributed by atoms with Crippen molar-refractivity contribution in [1.82, 2.24) is 14.7 Å². The number of aromatic nitrogens is 2. The van der Waals surface area contributed by atoms with Gasteiger partial charge in [-0.1, -0.05) is 0 Å². The van der Waals surface area contributed by atoms with Crippen molar-refractivity contribution in [2.75, 3.05) is 6.54 Å². The van der Waals surface area contributed by atoms with Gasteiger partial charge in [0.15, 0.2) is 0 Å². The van der Waals surface area contributed by atoms with Gasteiger partial charge in [-0.15, -0.1) is 0 Å². The van der Waals surface area contributed by atoms with E-state index in [0.717, 1.165) is 17.1 Å². The van der Waals surface area contributed by atoms with E-state index in [1.807, 2.05) is 41.9 Å². The highest BCUT2D eigenvalue weighted by atomic mass is 16.4. The van der Waals surface area contributed by atoms with E-state index >= 15 is 0 Å². The van der Waals surface area contributed by atoms with Crippen LogP contribution >= 0.6 is 0 Å². The lowest BCUT2D eigenvalue weighted by atomic mass is 10.0. The fourth-order valence-electron chi connectivity index (χ4n) is 2.51. The van der Waals surface area contributed by atoms with E-state index in [2.05, 4.69) is 23.3 Å². The zero-order valence-electron chi connectivity index (χ0n) is 13.1. The minimum absolute atomic E-state index is 0.402. The van der Waals surface area contributed by atoms with Crippen LogP contribution in [-0.2, 0) is 12.1 Å². The number of pyridine rings is 1. The Kier molecular flexibility index (Phi) is 3.76. The first-order chi connectivity index (χ1) is 10.5. The number of hydrogen-bond acceptors (Lipinski definition) is 4. The molecule has 5 nitrogen and oxygen atoms in total. The van der Waals surface area contributed by atoms with E-state index in [1.54, 1.807) is 6.92 Å². The molecule has 22 heavy (non-hydrogen) atoms. The maximum atomic E-state index is 10.5. The van der Waals surface area contributed by atoms with E-state index in [4.69, 9.17) is 4.42 Å². The Morgan fingerprint density at radius 3 is 2.86 bits per heavy atom. The van der Waals surface area contributed by atoms with Crippen molar-refractivity contribution in [2.24, 2.45) is 0 Å². The summed E-state index contributed by atoms with van der Waals surface area (Å²) in [6.45, 7) is 6.69. The summed E-state index contributed by atoms with van der Waals surface area (Å²) < 4.78 is 7.56. The number of aryl methyl sites for hydroxylation is 2. The molecule has 0 radical (unpaired) electrons. The molecule has 0 aliphatic carbocycles. The summed E-state index contributed by atoms with van der Waals surface area (Å²) in [5.74, 6) is 1.37. The molecule has 1 unspecified atom stereocenters. The molecule has 116 valence electrons. The number of aliphatic hydroxyl groups is 1. The molecule has 0 saturated heterocycles. The van der Waals surface area contributed by atoms with E-state index in [9.17, 15) is 5.11 Å². The van der Waals surface area contributed by atoms with Crippen molar-refractivity contribution in [1.29, 1.82) is 0 Å². The first kappa shape index (κ1) is 14.8. The highest BCUT2D eigenvalue weighted by Crippen LogP contribution is 2.22. The Morgan fingerprint density at radius 2 is 2.14 bits per heavy atom. The van der Waals surface area contributed by atoms with Gasteiger partial charge < -0.3 is 19.2 Å². The van der Waals surface area contributed by atoms with E-state index in [0.29, 0.717) is 18.8 Å². The summed E-state index contributed by atoms with van der Waals surface area (Å²) in [4.78, 5) is 4.40. The van der Waals surface area contributed by atoms with Crippen molar-refractivity contribution in [2.45, 2.75) is 32.9 Å². The molecule has 0 aliphatic heterocycles. The molecule has 3 rings (SSSR count). The fraction of sp³-hybridized carbons (Fsp3) is 0.353. The van der Waals surface area contributed by atoms with Crippen LogP contribution in [0.4, 0.5) is 0 Å². The van der Waals surface area contributed by atoms with Gasteiger partial charge in [0.2, 0.25) is 0 Å². The Bertz CT molecular complexity index is 786. The average Bonchev–Trinajstić information content (AvgIpc) is 3.05. The average molecular weight is 299 g/mol. The van der Waals surface area contributed by atoms with Crippen LogP contribution in [-0.4, -0.2) is 21.0 Å². The lowest BCUT2D eigenvalue weighted by molar-refractivity contribution is 0.0332. The molecular formula is C17H21N3O2. The molecule has 0 bridgehead atoms. The van der Waals surface area contributed by atoms with Gasteiger partial charge in [0.25, 0.3) is 0 Å². The van der Waals surface area contributed by atoms with Crippen molar-refractivity contribution < 1.29 is 9.52 Å². The van der Waals surface area contributed by atoms with Crippen LogP contribution in [0.2, 0.25) is 0 Å². The maximum absolute atomic E-state index is 10.5. The molecule has 0 aromatic carbocycles. The number of imidazole rings is 1. The molecule has 0 saturated carbocycles. The Labute approximate surface area is 129 Å². The van der Waals surface area contributed by atoms with Gasteiger partial charge in [-0.25, -0.2) is 4.98 Å². The number of furan rings is 1. The number of rotatable bonds is 5. The van der Waals surface area contributed by atoms with Crippen LogP contribution < -0.4 is 5.32 Å². The summed E-state index contributed by atoms with van der Waals surface area (Å²) in [5, 5.41) is 13.8. The second-order valence-electron chi connectivity index (χ2n) is 5.97. The third-order valence-corrected chi connectivity index (χ3v) is 3.79. The van der Waals surface area contributed by atoms with Gasteiger partial charge in [-0.2, -0.15) is 0 Å². The lowest BCUT2D eigenvalue weighted by Crippen LogP contribution is -2.35. The van der Waals surface area contributed by atoms with Gasteiger partial charge in [0.05, 0.1) is 11.9 Å². The lowest BCUT2D eigenvalue weighted by Gasteiger charge is -2.21. The molecule has 3 aromatic rings. The molecular weight excluding hydrogens is 278 g/mol. The van der Waals surface area contributed by atoms with Crippen molar-refractivity contribution in [3.05, 3.63) is 59.4 Å². The SMILES string of the molecule is Cc1ccn2c(CNCC(C)(O)c3ccc(C)o3)cnc2c1. The second kappa shape index (κ2) is 5.59. The minimum atomic E-state index is -1.04. The Balaban J connectivity index is 1.67. The Morgan fingerprint density at radius 1 is 1.32 bits per heavy atom. The van der Waals surface area contributed by atoms with Gasteiger partial charge in [0, 0.05) is 19.3 Å². The standard InChI is InChI=1S/C17H21N3O2/c1-12-6-7-20-14(10-19-16(20)8-12)9-18-11-17(3,21)15-5-4-13(2)22-15/h4-8,10,18,21H,9,11H2,1-3H3. The van der Waals surface area contributed by atoms with Gasteiger partial charge in [-0.05, 0) is 50.6 Å². The van der Waals surface area contributed by atoms with E-state index < -0.39 is 5.60 Å². The van der Waals surface area contributed by atoms with Gasteiger partial charge >= 0.3 is 0 Å². The fourth-order valence-corrected chi connectivity index (χ4v) is 2.51. The second-order valence-corrected chi connectivity index (χ2v) is 5.97. The number of nitrogens with zero attached hydrogens (tertiary/aromatic N) is 2. The highest BCUT2D eigenvalue weighted by molar-refractivity contribution is 5.42. The van der Waals surface area contributed by atoms with Crippen LogP contribution in [0.25, 0.3) is 5.65 Å². The highest BCUT2D eigenvalue weighted by Gasteiger charge is 2.26. The van der Waals surface area contributed by atoms with Crippen LogP contribution in [0, 0.1) is 13.8 Å². The predicted molar refractivity (Wildman–Crippen MR) is 84.7 cm³/mol. The third kappa shape index (κ3) is 2.91. The van der Waals surface area contributed by atoms with Crippen LogP contribution in [0.3, 0.4) is 0 Å². The molecule has 0 spiro atoms. The van der Waals surface area contributed by atoms with Gasteiger partial charge in [-0.3, -0.25) is 0 Å². The molecule has 1 atom stereocenters. The quantitative estimate of drug-likeness (QED) is 0.760. The summed E-state index contributed by atoms with van der Waals surface area (Å²) >= 11 is 0. The van der Waals surface area contributed by atoms with E-state index in [-0.39, 0.29) is 0 Å². The van der Waals surface area contributed by atoms with Crippen molar-refractivity contribution >= 4 is 5.65 Å². The molecule has 3 aromatic heterocycles. The molecule has 0 fully saturated rings. The summed E-state index contributed by atoms with van der Waals surface area (Å²) in [6, 6.07) is 7.77. The number of nitrogens with one attached hydrogen (secondary N) is 1. The predicted octanol–water partition coefficient (Wildman–Crippen LogP) is 2.54. The van der Waals surface area contributed by atoms with E-state index in [1.165, 1.54) is 5.56 Å². The maximum Gasteiger partial charge on any atom is 0.137 e. The number of hydrogen-bond donors (Lipinski definition) is 2. The molecule has 5 heteroatoms. The van der Waals surface area contributed by atoms with Crippen molar-refractivity contribution in [3.8, 4) is 0 Å². The summed E-state index contributed by atoms with van der Waals surface area (Å²) in [6.07, 6.45) is 3.87. The monoisotopic (exact) mass is 299 g/mol. The summed E-state index contributed by atoms with van der Waals surface area (Å²) in [5.41, 5.74) is 2.14. The molecule has 0 aliphatic rings. The summed E-state index contributed by atoms with van der Waals surface area (Å²) in [7, 11) is 0.